The Morgan fingerprint density at radius 3 is 2.58 bits per heavy atom. The van der Waals surface area contributed by atoms with Gasteiger partial charge in [-0.3, -0.25) is 9.59 Å². The van der Waals surface area contributed by atoms with Crippen LogP contribution in [0.1, 0.15) is 35.2 Å². The Kier molecular flexibility index (Phi) is 6.30. The predicted octanol–water partition coefficient (Wildman–Crippen LogP) is 3.91. The highest BCUT2D eigenvalue weighted by atomic mass is 19.1. The first-order valence-corrected chi connectivity index (χ1v) is 10.6. The molecule has 0 radical (unpaired) electrons. The number of nitrogens with one attached hydrogen (secondary N) is 2. The molecule has 2 aromatic carbocycles. The summed E-state index contributed by atoms with van der Waals surface area (Å²) in [7, 11) is 4.69. The third-order valence-electron chi connectivity index (χ3n) is 5.61. The van der Waals surface area contributed by atoms with Gasteiger partial charge in [0.15, 0.2) is 17.3 Å². The first-order chi connectivity index (χ1) is 15.9. The van der Waals surface area contributed by atoms with Gasteiger partial charge in [-0.2, -0.15) is 4.68 Å². The van der Waals surface area contributed by atoms with Gasteiger partial charge in [0.1, 0.15) is 5.82 Å². The second-order valence-electron chi connectivity index (χ2n) is 7.68. The molecule has 0 aliphatic heterocycles. The molecular weight excluding hydrogens is 427 g/mol. The molecule has 0 saturated heterocycles. The minimum atomic E-state index is -0.376. The van der Waals surface area contributed by atoms with E-state index in [0.29, 0.717) is 41.5 Å². The van der Waals surface area contributed by atoms with Crippen LogP contribution < -0.4 is 20.1 Å². The number of ether oxygens (including phenoxy) is 2. The average molecular weight is 452 g/mol. The largest absolute Gasteiger partial charge is 0.493 e. The number of amides is 1. The fraction of sp³-hybridized carbons (Fsp3) is 0.292. The maximum absolute atomic E-state index is 13.7. The van der Waals surface area contributed by atoms with E-state index in [4.69, 9.17) is 9.47 Å². The van der Waals surface area contributed by atoms with E-state index in [1.54, 1.807) is 33.4 Å². The maximum atomic E-state index is 13.7. The van der Waals surface area contributed by atoms with Crippen molar-refractivity contribution in [3.05, 3.63) is 53.3 Å². The van der Waals surface area contributed by atoms with Gasteiger partial charge in [-0.15, -0.1) is 5.10 Å². The highest BCUT2D eigenvalue weighted by Gasteiger charge is 2.31. The van der Waals surface area contributed by atoms with Crippen LogP contribution in [0.3, 0.4) is 0 Å². The molecule has 2 N–H and O–H groups in total. The van der Waals surface area contributed by atoms with E-state index in [2.05, 4.69) is 15.7 Å². The van der Waals surface area contributed by atoms with Crippen LogP contribution in [0.15, 0.2) is 36.4 Å². The molecule has 1 amide bonds. The molecule has 0 spiro atoms. The number of hydrogen-bond donors (Lipinski definition) is 2. The number of nitrogens with zero attached hydrogens (tertiary/aromatic N) is 2. The number of rotatable bonds is 8. The van der Waals surface area contributed by atoms with Crippen molar-refractivity contribution in [3.8, 4) is 22.8 Å². The van der Waals surface area contributed by atoms with E-state index in [1.165, 1.54) is 16.8 Å². The Morgan fingerprint density at radius 2 is 1.88 bits per heavy atom. The summed E-state index contributed by atoms with van der Waals surface area (Å²) in [4.78, 5) is 24.6. The lowest BCUT2D eigenvalue weighted by Crippen LogP contribution is -2.19. The molecule has 9 heteroatoms. The molecular formula is C24H25FN4O4. The van der Waals surface area contributed by atoms with E-state index >= 15 is 0 Å². The normalized spacial score (nSPS) is 11.5. The SMILES string of the molecule is CNC(=O)CCCC(=O)n1nc(Nc2cccc(F)c2)c2c1-c1cc(OC)c(OC)cc1C2. The van der Waals surface area contributed by atoms with Crippen molar-refractivity contribution in [2.75, 3.05) is 26.6 Å². The van der Waals surface area contributed by atoms with Crippen LogP contribution in [0.5, 0.6) is 11.5 Å². The number of fused-ring (bicyclic) bond motifs is 3. The zero-order valence-electron chi connectivity index (χ0n) is 18.7. The smallest absolute Gasteiger partial charge is 0.247 e. The van der Waals surface area contributed by atoms with Crippen LogP contribution in [-0.4, -0.2) is 42.9 Å². The zero-order chi connectivity index (χ0) is 23.5. The Bertz CT molecular complexity index is 1220. The highest BCUT2D eigenvalue weighted by molar-refractivity contribution is 5.91. The monoisotopic (exact) mass is 452 g/mol. The predicted molar refractivity (Wildman–Crippen MR) is 122 cm³/mol. The Hall–Kier alpha value is -3.88. The van der Waals surface area contributed by atoms with Crippen LogP contribution in [0.2, 0.25) is 0 Å². The minimum absolute atomic E-state index is 0.121. The molecule has 172 valence electrons. The molecule has 0 bridgehead atoms. The van der Waals surface area contributed by atoms with E-state index in [0.717, 1.165) is 16.7 Å². The molecule has 8 nitrogen and oxygen atoms in total. The molecule has 1 aliphatic rings. The van der Waals surface area contributed by atoms with Gasteiger partial charge in [-0.1, -0.05) is 6.07 Å². The van der Waals surface area contributed by atoms with Crippen molar-refractivity contribution >= 4 is 23.3 Å². The molecule has 1 heterocycles. The molecule has 0 atom stereocenters. The number of benzene rings is 2. The number of hydrogen-bond acceptors (Lipinski definition) is 6. The molecule has 0 fully saturated rings. The average Bonchev–Trinajstić information content (AvgIpc) is 3.35. The quantitative estimate of drug-likeness (QED) is 0.421. The van der Waals surface area contributed by atoms with Gasteiger partial charge in [0, 0.05) is 43.1 Å². The summed E-state index contributed by atoms with van der Waals surface area (Å²) in [6.45, 7) is 0. The summed E-state index contributed by atoms with van der Waals surface area (Å²) < 4.78 is 26.0. The van der Waals surface area contributed by atoms with Crippen LogP contribution in [0.25, 0.3) is 11.3 Å². The summed E-state index contributed by atoms with van der Waals surface area (Å²) in [6.07, 6.45) is 1.33. The molecule has 0 saturated carbocycles. The van der Waals surface area contributed by atoms with Crippen LogP contribution in [0.4, 0.5) is 15.9 Å². The zero-order valence-corrected chi connectivity index (χ0v) is 18.7. The summed E-state index contributed by atoms with van der Waals surface area (Å²) >= 11 is 0. The van der Waals surface area contributed by atoms with E-state index in [1.807, 2.05) is 12.1 Å². The summed E-state index contributed by atoms with van der Waals surface area (Å²) in [6, 6.07) is 9.78. The second-order valence-corrected chi connectivity index (χ2v) is 7.68. The van der Waals surface area contributed by atoms with E-state index in [-0.39, 0.29) is 30.5 Å². The third kappa shape index (κ3) is 4.39. The van der Waals surface area contributed by atoms with Gasteiger partial charge in [0.25, 0.3) is 0 Å². The topological polar surface area (TPSA) is 94.5 Å². The van der Waals surface area contributed by atoms with Crippen LogP contribution in [-0.2, 0) is 11.2 Å². The number of anilines is 2. The molecule has 0 unspecified atom stereocenters. The van der Waals surface area contributed by atoms with Crippen molar-refractivity contribution in [1.82, 2.24) is 15.1 Å². The molecule has 1 aliphatic carbocycles. The van der Waals surface area contributed by atoms with Gasteiger partial charge in [0.2, 0.25) is 11.8 Å². The van der Waals surface area contributed by atoms with Crippen molar-refractivity contribution < 1.29 is 23.5 Å². The van der Waals surface area contributed by atoms with Crippen molar-refractivity contribution in [3.63, 3.8) is 0 Å². The van der Waals surface area contributed by atoms with Crippen molar-refractivity contribution in [1.29, 1.82) is 0 Å². The fourth-order valence-electron chi connectivity index (χ4n) is 3.99. The van der Waals surface area contributed by atoms with Crippen molar-refractivity contribution in [2.24, 2.45) is 0 Å². The minimum Gasteiger partial charge on any atom is -0.493 e. The molecule has 33 heavy (non-hydrogen) atoms. The van der Waals surface area contributed by atoms with E-state index < -0.39 is 0 Å². The molecule has 3 aromatic rings. The third-order valence-corrected chi connectivity index (χ3v) is 5.61. The first kappa shape index (κ1) is 22.3. The number of methoxy groups -OCH3 is 2. The van der Waals surface area contributed by atoms with Crippen LogP contribution in [0, 0.1) is 5.82 Å². The van der Waals surface area contributed by atoms with Gasteiger partial charge in [0.05, 0.1) is 19.9 Å². The summed E-state index contributed by atoms with van der Waals surface area (Å²) in [5.41, 5.74) is 3.80. The Labute approximate surface area is 190 Å². The van der Waals surface area contributed by atoms with Gasteiger partial charge in [-0.05, 0) is 42.3 Å². The standard InChI is InChI=1S/C24H25FN4O4/c1-26-21(30)8-5-9-22(31)29-23-17-13-20(33-3)19(32-2)11-14(17)10-18(23)24(28-29)27-16-7-4-6-15(25)12-16/h4,6-7,11-13H,5,8-10H2,1-3H3,(H,26,30)(H,27,28). The lowest BCUT2D eigenvalue weighted by Gasteiger charge is -2.12. The number of carbonyl (C=O) groups is 2. The Balaban J connectivity index is 1.74. The highest BCUT2D eigenvalue weighted by Crippen LogP contribution is 2.45. The van der Waals surface area contributed by atoms with Crippen molar-refractivity contribution in [2.45, 2.75) is 25.7 Å². The summed E-state index contributed by atoms with van der Waals surface area (Å²) in [5, 5.41) is 10.2. The molecule has 4 rings (SSSR count). The van der Waals surface area contributed by atoms with Gasteiger partial charge >= 0.3 is 0 Å². The maximum Gasteiger partial charge on any atom is 0.247 e. The van der Waals surface area contributed by atoms with Gasteiger partial charge < -0.3 is 20.1 Å². The van der Waals surface area contributed by atoms with E-state index in [9.17, 15) is 14.0 Å². The lowest BCUT2D eigenvalue weighted by molar-refractivity contribution is -0.120. The number of aromatic nitrogens is 2. The lowest BCUT2D eigenvalue weighted by atomic mass is 10.1. The first-order valence-electron chi connectivity index (χ1n) is 10.6. The summed E-state index contributed by atoms with van der Waals surface area (Å²) in [5.74, 6) is 0.888. The second kappa shape index (κ2) is 9.32. The molecule has 1 aromatic heterocycles. The number of halogens is 1. The number of carbonyl (C=O) groups excluding carboxylic acids is 2. The fourth-order valence-corrected chi connectivity index (χ4v) is 3.99. The van der Waals surface area contributed by atoms with Crippen LogP contribution >= 0.6 is 0 Å². The Morgan fingerprint density at radius 1 is 1.12 bits per heavy atom. The van der Waals surface area contributed by atoms with Gasteiger partial charge in [-0.25, -0.2) is 4.39 Å².